The summed E-state index contributed by atoms with van der Waals surface area (Å²) in [6.07, 6.45) is 2.64. The van der Waals surface area contributed by atoms with Gasteiger partial charge in [0.15, 0.2) is 0 Å². The molecule has 0 amide bonds. The van der Waals surface area contributed by atoms with Gasteiger partial charge in [-0.25, -0.2) is 0 Å². The van der Waals surface area contributed by atoms with Crippen molar-refractivity contribution in [3.05, 3.63) is 0 Å². The summed E-state index contributed by atoms with van der Waals surface area (Å²) in [6.45, 7) is 13.2. The van der Waals surface area contributed by atoms with Crippen LogP contribution in [0.3, 0.4) is 0 Å². The maximum Gasteiger partial charge on any atom is 0.146 e. The van der Waals surface area contributed by atoms with Crippen LogP contribution in [0.25, 0.3) is 0 Å². The molecule has 23 heavy (non-hydrogen) atoms. The fourth-order valence-corrected chi connectivity index (χ4v) is 1.47. The molecule has 0 aromatic rings. The van der Waals surface area contributed by atoms with Crippen molar-refractivity contribution < 1.29 is 28.4 Å². The first-order valence-electron chi connectivity index (χ1n) is 8.74. The zero-order valence-corrected chi connectivity index (χ0v) is 15.4. The van der Waals surface area contributed by atoms with Crippen LogP contribution < -0.4 is 0 Å². The van der Waals surface area contributed by atoms with Crippen molar-refractivity contribution in [1.29, 1.82) is 0 Å². The van der Waals surface area contributed by atoms with E-state index < -0.39 is 0 Å². The molecule has 0 aliphatic heterocycles. The molecule has 6 nitrogen and oxygen atoms in total. The Balaban J connectivity index is 3.03. The van der Waals surface area contributed by atoms with Crippen molar-refractivity contribution in [3.8, 4) is 0 Å². The van der Waals surface area contributed by atoms with Crippen LogP contribution >= 0.6 is 0 Å². The molecule has 0 aliphatic carbocycles. The average Bonchev–Trinajstić information content (AvgIpc) is 2.57. The minimum absolute atomic E-state index is 0.263. The van der Waals surface area contributed by atoms with Gasteiger partial charge in [0.05, 0.1) is 65.1 Å². The third-order valence-electron chi connectivity index (χ3n) is 3.32. The lowest BCUT2D eigenvalue weighted by Crippen LogP contribution is -2.15. The molecule has 0 saturated carbocycles. The second kappa shape index (κ2) is 18.1. The predicted molar refractivity (Wildman–Crippen MR) is 89.8 cm³/mol. The Morgan fingerprint density at radius 1 is 0.522 bits per heavy atom. The lowest BCUT2D eigenvalue weighted by atomic mass is 10.3. The van der Waals surface area contributed by atoms with Crippen LogP contribution in [0.15, 0.2) is 0 Å². The third-order valence-corrected chi connectivity index (χ3v) is 3.32. The van der Waals surface area contributed by atoms with Gasteiger partial charge in [0.2, 0.25) is 0 Å². The summed E-state index contributed by atoms with van der Waals surface area (Å²) in [4.78, 5) is 0. The van der Waals surface area contributed by atoms with Gasteiger partial charge in [-0.3, -0.25) is 0 Å². The van der Waals surface area contributed by atoms with Gasteiger partial charge in [0.25, 0.3) is 0 Å². The number of hydrogen-bond acceptors (Lipinski definition) is 6. The molecular weight excluding hydrogens is 300 g/mol. The summed E-state index contributed by atoms with van der Waals surface area (Å²) in [5.41, 5.74) is 0. The average molecular weight is 336 g/mol. The first kappa shape index (κ1) is 22.8. The fourth-order valence-electron chi connectivity index (χ4n) is 1.47. The highest BCUT2D eigenvalue weighted by molar-refractivity contribution is 4.44. The maximum absolute atomic E-state index is 5.50. The molecule has 6 heteroatoms. The van der Waals surface area contributed by atoms with Gasteiger partial charge in [-0.05, 0) is 26.7 Å². The van der Waals surface area contributed by atoms with Crippen molar-refractivity contribution in [3.63, 3.8) is 0 Å². The van der Waals surface area contributed by atoms with Gasteiger partial charge in [-0.1, -0.05) is 13.8 Å². The molecule has 2 unspecified atom stereocenters. The summed E-state index contributed by atoms with van der Waals surface area (Å²) in [7, 11) is 0. The van der Waals surface area contributed by atoms with E-state index in [0.717, 1.165) is 12.8 Å². The Hall–Kier alpha value is -0.240. The second-order valence-corrected chi connectivity index (χ2v) is 5.34. The van der Waals surface area contributed by atoms with E-state index in [4.69, 9.17) is 28.4 Å². The van der Waals surface area contributed by atoms with Crippen LogP contribution in [0.5, 0.6) is 0 Å². The first-order valence-corrected chi connectivity index (χ1v) is 8.74. The molecule has 0 bridgehead atoms. The second-order valence-electron chi connectivity index (χ2n) is 5.34. The Labute approximate surface area is 141 Å². The van der Waals surface area contributed by atoms with Gasteiger partial charge in [-0.15, -0.1) is 0 Å². The Kier molecular flexibility index (Phi) is 17.9. The maximum atomic E-state index is 5.50. The highest BCUT2D eigenvalue weighted by Crippen LogP contribution is 1.95. The molecule has 0 N–H and O–H groups in total. The Bertz CT molecular complexity index is 205. The third kappa shape index (κ3) is 17.9. The van der Waals surface area contributed by atoms with Crippen molar-refractivity contribution in [1.82, 2.24) is 0 Å². The predicted octanol–water partition coefficient (Wildman–Crippen LogP) is 2.64. The molecule has 140 valence electrons. The summed E-state index contributed by atoms with van der Waals surface area (Å²) in [5, 5.41) is 0. The molecule has 2 atom stereocenters. The van der Waals surface area contributed by atoms with Crippen molar-refractivity contribution >= 4 is 0 Å². The van der Waals surface area contributed by atoms with Crippen LogP contribution in [0.2, 0.25) is 0 Å². The summed E-state index contributed by atoms with van der Waals surface area (Å²) in [5.74, 6) is 0. The highest BCUT2D eigenvalue weighted by atomic mass is 16.7. The van der Waals surface area contributed by atoms with Crippen molar-refractivity contribution in [2.24, 2.45) is 0 Å². The van der Waals surface area contributed by atoms with E-state index in [0.29, 0.717) is 65.1 Å². The van der Waals surface area contributed by atoms with Gasteiger partial charge in [0, 0.05) is 0 Å². The molecular formula is C17H36O6. The van der Waals surface area contributed by atoms with Crippen LogP contribution in [0.4, 0.5) is 0 Å². The van der Waals surface area contributed by atoms with E-state index in [1.807, 2.05) is 0 Å². The number of hydrogen-bond donors (Lipinski definition) is 0. The van der Waals surface area contributed by atoms with E-state index >= 15 is 0 Å². The van der Waals surface area contributed by atoms with Crippen molar-refractivity contribution in [2.75, 3.05) is 59.6 Å². The van der Waals surface area contributed by atoms with Crippen LogP contribution in [0, 0.1) is 0 Å². The monoisotopic (exact) mass is 336 g/mol. The summed E-state index contributed by atoms with van der Waals surface area (Å²) in [6, 6.07) is 0. The topological polar surface area (TPSA) is 55.4 Å². The molecule has 0 spiro atoms. The van der Waals surface area contributed by atoms with Gasteiger partial charge < -0.3 is 28.4 Å². The highest BCUT2D eigenvalue weighted by Gasteiger charge is 1.98. The van der Waals surface area contributed by atoms with Gasteiger partial charge in [-0.2, -0.15) is 0 Å². The fraction of sp³-hybridized carbons (Fsp3) is 1.00. The Morgan fingerprint density at radius 2 is 0.870 bits per heavy atom. The molecule has 0 aliphatic rings. The van der Waals surface area contributed by atoms with Crippen LogP contribution in [-0.4, -0.2) is 71.9 Å². The van der Waals surface area contributed by atoms with E-state index in [-0.39, 0.29) is 6.79 Å². The normalized spacial score (nSPS) is 14.1. The molecule has 0 rings (SSSR count). The quantitative estimate of drug-likeness (QED) is 0.283. The molecule has 0 heterocycles. The lowest BCUT2D eigenvalue weighted by Gasteiger charge is -2.11. The Morgan fingerprint density at radius 3 is 1.26 bits per heavy atom. The number of rotatable bonds is 18. The minimum atomic E-state index is 0.263. The molecule has 0 fully saturated rings. The SMILES string of the molecule is CCC(C)OCCOCCOCOCCOCCOC(C)CC. The van der Waals surface area contributed by atoms with E-state index in [1.54, 1.807) is 0 Å². The van der Waals surface area contributed by atoms with E-state index in [2.05, 4.69) is 27.7 Å². The summed E-state index contributed by atoms with van der Waals surface area (Å²) < 4.78 is 32.3. The van der Waals surface area contributed by atoms with Crippen LogP contribution in [0.1, 0.15) is 40.5 Å². The molecule has 0 aromatic heterocycles. The smallest absolute Gasteiger partial charge is 0.146 e. The minimum Gasteiger partial charge on any atom is -0.377 e. The largest absolute Gasteiger partial charge is 0.377 e. The standard InChI is InChI=1S/C17H36O6/c1-5-16(3)22-13-11-18-7-9-20-15-21-10-8-19-12-14-23-17(4)6-2/h16-17H,5-15H2,1-4H3. The first-order chi connectivity index (χ1) is 11.2. The van der Waals surface area contributed by atoms with Gasteiger partial charge >= 0.3 is 0 Å². The molecule has 0 aromatic carbocycles. The van der Waals surface area contributed by atoms with E-state index in [1.165, 1.54) is 0 Å². The molecule has 0 saturated heterocycles. The zero-order chi connectivity index (χ0) is 17.2. The van der Waals surface area contributed by atoms with Crippen LogP contribution in [-0.2, 0) is 28.4 Å². The molecule has 0 radical (unpaired) electrons. The number of ether oxygens (including phenoxy) is 6. The zero-order valence-electron chi connectivity index (χ0n) is 15.4. The van der Waals surface area contributed by atoms with Crippen molar-refractivity contribution in [2.45, 2.75) is 52.7 Å². The summed E-state index contributed by atoms with van der Waals surface area (Å²) >= 11 is 0. The van der Waals surface area contributed by atoms with E-state index in [9.17, 15) is 0 Å². The lowest BCUT2D eigenvalue weighted by molar-refractivity contribution is -0.0875. The van der Waals surface area contributed by atoms with Gasteiger partial charge in [0.1, 0.15) is 6.79 Å².